The van der Waals surface area contributed by atoms with Gasteiger partial charge in [0.25, 0.3) is 0 Å². The highest BCUT2D eigenvalue weighted by molar-refractivity contribution is 5.85. The van der Waals surface area contributed by atoms with E-state index in [1.165, 1.54) is 18.3 Å². The number of carbonyl (C=O) groups is 1. The van der Waals surface area contributed by atoms with Gasteiger partial charge in [0.1, 0.15) is 24.2 Å². The Bertz CT molecular complexity index is 351. The predicted molar refractivity (Wildman–Crippen MR) is 59.2 cm³/mol. The van der Waals surface area contributed by atoms with E-state index in [1.54, 1.807) is 0 Å². The molecule has 1 aromatic heterocycles. The SMILES string of the molecule is CCOCC(O)COc1ccc(C(=O)O)nc1. The molecule has 2 N–H and O–H groups in total. The van der Waals surface area contributed by atoms with Crippen molar-refractivity contribution in [3.05, 3.63) is 24.0 Å². The summed E-state index contributed by atoms with van der Waals surface area (Å²) >= 11 is 0. The van der Waals surface area contributed by atoms with E-state index in [1.807, 2.05) is 6.92 Å². The van der Waals surface area contributed by atoms with Crippen molar-refractivity contribution >= 4 is 5.97 Å². The Hall–Kier alpha value is -1.66. The van der Waals surface area contributed by atoms with Crippen molar-refractivity contribution in [2.45, 2.75) is 13.0 Å². The van der Waals surface area contributed by atoms with Gasteiger partial charge < -0.3 is 19.7 Å². The van der Waals surface area contributed by atoms with Crippen molar-refractivity contribution in [1.29, 1.82) is 0 Å². The van der Waals surface area contributed by atoms with E-state index in [2.05, 4.69) is 4.98 Å². The van der Waals surface area contributed by atoms with Gasteiger partial charge in [0.15, 0.2) is 0 Å². The average Bonchev–Trinajstić information content (AvgIpc) is 2.34. The number of rotatable bonds is 7. The number of carboxylic acid groups (broad SMARTS) is 1. The summed E-state index contributed by atoms with van der Waals surface area (Å²) in [6, 6.07) is 2.83. The highest BCUT2D eigenvalue weighted by Gasteiger charge is 2.07. The molecule has 6 heteroatoms. The predicted octanol–water partition coefficient (Wildman–Crippen LogP) is 0.556. The third kappa shape index (κ3) is 4.80. The quantitative estimate of drug-likeness (QED) is 0.725. The lowest BCUT2D eigenvalue weighted by Gasteiger charge is -2.11. The second-order valence-corrected chi connectivity index (χ2v) is 3.31. The first-order chi connectivity index (χ1) is 8.13. The second-order valence-electron chi connectivity index (χ2n) is 3.31. The fourth-order valence-electron chi connectivity index (χ4n) is 1.09. The maximum atomic E-state index is 10.5. The first-order valence-electron chi connectivity index (χ1n) is 5.21. The summed E-state index contributed by atoms with van der Waals surface area (Å²) in [6.45, 7) is 2.65. The molecule has 1 atom stereocenters. The van der Waals surface area contributed by atoms with Gasteiger partial charge in [-0.1, -0.05) is 0 Å². The van der Waals surface area contributed by atoms with Crippen molar-refractivity contribution in [2.75, 3.05) is 19.8 Å². The lowest BCUT2D eigenvalue weighted by molar-refractivity contribution is 0.0163. The fourth-order valence-corrected chi connectivity index (χ4v) is 1.09. The first kappa shape index (κ1) is 13.4. The number of carboxylic acids is 1. The molecular formula is C11H15NO5. The molecule has 0 amide bonds. The summed E-state index contributed by atoms with van der Waals surface area (Å²) in [5.41, 5.74) is -0.0489. The highest BCUT2D eigenvalue weighted by atomic mass is 16.5. The van der Waals surface area contributed by atoms with Crippen LogP contribution in [0.5, 0.6) is 5.75 Å². The molecule has 1 unspecified atom stereocenters. The Morgan fingerprint density at radius 1 is 1.47 bits per heavy atom. The van der Waals surface area contributed by atoms with E-state index < -0.39 is 12.1 Å². The normalized spacial score (nSPS) is 12.1. The Kier molecular flexibility index (Phi) is 5.38. The first-order valence-corrected chi connectivity index (χ1v) is 5.21. The monoisotopic (exact) mass is 241 g/mol. The standard InChI is InChI=1S/C11H15NO5/c1-2-16-6-8(13)7-17-9-3-4-10(11(14)15)12-5-9/h3-5,8,13H,2,6-7H2,1H3,(H,14,15). The van der Waals surface area contributed by atoms with Gasteiger partial charge in [-0.25, -0.2) is 9.78 Å². The molecule has 6 nitrogen and oxygen atoms in total. The van der Waals surface area contributed by atoms with E-state index in [0.29, 0.717) is 12.4 Å². The topological polar surface area (TPSA) is 88.9 Å². The largest absolute Gasteiger partial charge is 0.489 e. The summed E-state index contributed by atoms with van der Waals surface area (Å²) in [5, 5.41) is 18.1. The Morgan fingerprint density at radius 3 is 2.76 bits per heavy atom. The van der Waals surface area contributed by atoms with Crippen LogP contribution in [0.4, 0.5) is 0 Å². The number of pyridine rings is 1. The number of hydrogen-bond donors (Lipinski definition) is 2. The van der Waals surface area contributed by atoms with Crippen LogP contribution in [0.15, 0.2) is 18.3 Å². The molecule has 0 aliphatic carbocycles. The molecule has 0 aromatic carbocycles. The van der Waals surface area contributed by atoms with E-state index in [0.717, 1.165) is 0 Å². The minimum absolute atomic E-state index is 0.0489. The number of aromatic nitrogens is 1. The van der Waals surface area contributed by atoms with Gasteiger partial charge in [0, 0.05) is 6.61 Å². The summed E-state index contributed by atoms with van der Waals surface area (Å²) in [6.07, 6.45) is 0.589. The summed E-state index contributed by atoms with van der Waals surface area (Å²) in [5.74, 6) is -0.682. The molecule has 94 valence electrons. The summed E-state index contributed by atoms with van der Waals surface area (Å²) in [4.78, 5) is 14.2. The van der Waals surface area contributed by atoms with Crippen LogP contribution in [0.1, 0.15) is 17.4 Å². The molecule has 0 bridgehead atoms. The average molecular weight is 241 g/mol. The van der Waals surface area contributed by atoms with E-state index in [-0.39, 0.29) is 18.9 Å². The number of aliphatic hydroxyl groups is 1. The zero-order valence-electron chi connectivity index (χ0n) is 9.50. The molecule has 1 aromatic rings. The van der Waals surface area contributed by atoms with Crippen molar-refractivity contribution in [3.63, 3.8) is 0 Å². The molecule has 0 saturated carbocycles. The Balaban J connectivity index is 2.39. The van der Waals surface area contributed by atoms with Crippen LogP contribution in [0.2, 0.25) is 0 Å². The number of hydrogen-bond acceptors (Lipinski definition) is 5. The molecule has 0 radical (unpaired) electrons. The molecular weight excluding hydrogens is 226 g/mol. The maximum Gasteiger partial charge on any atom is 0.354 e. The molecule has 1 heterocycles. The van der Waals surface area contributed by atoms with Gasteiger partial charge in [-0.15, -0.1) is 0 Å². The van der Waals surface area contributed by atoms with Crippen LogP contribution in [0, 0.1) is 0 Å². The third-order valence-electron chi connectivity index (χ3n) is 1.91. The van der Waals surface area contributed by atoms with Gasteiger partial charge in [-0.05, 0) is 19.1 Å². The smallest absolute Gasteiger partial charge is 0.354 e. The van der Waals surface area contributed by atoms with Crippen molar-refractivity contribution in [3.8, 4) is 5.75 Å². The molecule has 1 rings (SSSR count). The van der Waals surface area contributed by atoms with E-state index >= 15 is 0 Å². The van der Waals surface area contributed by atoms with Gasteiger partial charge in [-0.3, -0.25) is 0 Å². The molecule has 0 fully saturated rings. The van der Waals surface area contributed by atoms with Crippen LogP contribution in [-0.2, 0) is 4.74 Å². The van der Waals surface area contributed by atoms with Crippen molar-refractivity contribution < 1.29 is 24.5 Å². The summed E-state index contributed by atoms with van der Waals surface area (Å²) in [7, 11) is 0. The molecule has 17 heavy (non-hydrogen) atoms. The number of nitrogens with zero attached hydrogens (tertiary/aromatic N) is 1. The number of aromatic carboxylic acids is 1. The lowest BCUT2D eigenvalue weighted by Crippen LogP contribution is -2.23. The van der Waals surface area contributed by atoms with Crippen LogP contribution < -0.4 is 4.74 Å². The second kappa shape index (κ2) is 6.82. The third-order valence-corrected chi connectivity index (χ3v) is 1.91. The van der Waals surface area contributed by atoms with Gasteiger partial charge in [0.05, 0.1) is 12.8 Å². The van der Waals surface area contributed by atoms with Gasteiger partial charge >= 0.3 is 5.97 Å². The number of ether oxygens (including phenoxy) is 2. The Morgan fingerprint density at radius 2 is 2.24 bits per heavy atom. The zero-order valence-corrected chi connectivity index (χ0v) is 9.50. The van der Waals surface area contributed by atoms with Gasteiger partial charge in [-0.2, -0.15) is 0 Å². The highest BCUT2D eigenvalue weighted by Crippen LogP contribution is 2.09. The molecule has 0 spiro atoms. The minimum Gasteiger partial charge on any atom is -0.489 e. The molecule has 0 aliphatic rings. The minimum atomic E-state index is -1.09. The van der Waals surface area contributed by atoms with Crippen molar-refractivity contribution in [1.82, 2.24) is 4.98 Å². The molecule has 0 saturated heterocycles. The van der Waals surface area contributed by atoms with E-state index in [4.69, 9.17) is 14.6 Å². The molecule has 0 aliphatic heterocycles. The van der Waals surface area contributed by atoms with Crippen molar-refractivity contribution in [2.24, 2.45) is 0 Å². The van der Waals surface area contributed by atoms with E-state index in [9.17, 15) is 9.90 Å². The maximum absolute atomic E-state index is 10.5. The Labute approximate surface area is 98.8 Å². The zero-order chi connectivity index (χ0) is 12.7. The lowest BCUT2D eigenvalue weighted by atomic mass is 10.3. The number of aliphatic hydroxyl groups excluding tert-OH is 1. The van der Waals surface area contributed by atoms with Crippen LogP contribution in [0.3, 0.4) is 0 Å². The fraction of sp³-hybridized carbons (Fsp3) is 0.455. The van der Waals surface area contributed by atoms with Gasteiger partial charge in [0.2, 0.25) is 0 Å². The van der Waals surface area contributed by atoms with Crippen LogP contribution in [-0.4, -0.2) is 47.1 Å². The van der Waals surface area contributed by atoms with Crippen LogP contribution in [0.25, 0.3) is 0 Å². The summed E-state index contributed by atoms with van der Waals surface area (Å²) < 4.78 is 10.2. The van der Waals surface area contributed by atoms with Crippen LogP contribution >= 0.6 is 0 Å².